The first kappa shape index (κ1) is 7.70. The lowest BCUT2D eigenvalue weighted by molar-refractivity contribution is 0.228. The van der Waals surface area contributed by atoms with E-state index < -0.39 is 6.10 Å². The monoisotopic (exact) mass is 148 g/mol. The van der Waals surface area contributed by atoms with E-state index in [1.807, 2.05) is 6.92 Å². The first-order valence-electron chi connectivity index (χ1n) is 3.17. The molecule has 0 fully saturated rings. The summed E-state index contributed by atoms with van der Waals surface area (Å²) in [7, 11) is 0. The largest absolute Gasteiger partial charge is 0.373 e. The van der Waals surface area contributed by atoms with Crippen molar-refractivity contribution in [1.82, 2.24) is 9.97 Å². The summed E-state index contributed by atoms with van der Waals surface area (Å²) in [5.41, 5.74) is 0.943. The molecule has 0 saturated carbocycles. The van der Waals surface area contributed by atoms with Crippen LogP contribution in [0, 0.1) is 19.3 Å². The third kappa shape index (κ3) is 1.76. The van der Waals surface area contributed by atoms with Crippen molar-refractivity contribution in [2.45, 2.75) is 13.0 Å². The van der Waals surface area contributed by atoms with Crippen LogP contribution in [0.15, 0.2) is 12.4 Å². The number of terminal acetylenes is 1. The van der Waals surface area contributed by atoms with Gasteiger partial charge in [-0.2, -0.15) is 0 Å². The molecule has 56 valence electrons. The number of aryl methyl sites for hydroxylation is 1. The van der Waals surface area contributed by atoms with Gasteiger partial charge in [-0.15, -0.1) is 6.42 Å². The molecule has 0 radical (unpaired) electrons. The van der Waals surface area contributed by atoms with Crippen LogP contribution in [0.1, 0.15) is 17.5 Å². The Morgan fingerprint density at radius 1 is 1.55 bits per heavy atom. The Bertz CT molecular complexity index is 273. The molecule has 0 spiro atoms. The van der Waals surface area contributed by atoms with Crippen molar-refractivity contribution in [2.75, 3.05) is 0 Å². The Hall–Kier alpha value is -1.40. The maximum Gasteiger partial charge on any atom is 0.174 e. The first-order chi connectivity index (χ1) is 5.24. The van der Waals surface area contributed by atoms with Crippen molar-refractivity contribution in [3.63, 3.8) is 0 Å². The molecule has 1 aromatic heterocycles. The lowest BCUT2D eigenvalue weighted by Crippen LogP contribution is -2.00. The molecule has 0 aliphatic rings. The zero-order valence-corrected chi connectivity index (χ0v) is 6.15. The highest BCUT2D eigenvalue weighted by molar-refractivity contribution is 5.09. The van der Waals surface area contributed by atoms with Crippen molar-refractivity contribution in [1.29, 1.82) is 0 Å². The van der Waals surface area contributed by atoms with Crippen LogP contribution in [0.25, 0.3) is 0 Å². The van der Waals surface area contributed by atoms with E-state index >= 15 is 0 Å². The molecule has 0 saturated heterocycles. The van der Waals surface area contributed by atoms with E-state index in [-0.39, 0.29) is 5.82 Å². The number of aliphatic hydroxyl groups excluding tert-OH is 1. The van der Waals surface area contributed by atoms with E-state index in [9.17, 15) is 0 Å². The van der Waals surface area contributed by atoms with Gasteiger partial charge in [-0.05, 0) is 12.5 Å². The minimum absolute atomic E-state index is 0.276. The van der Waals surface area contributed by atoms with Gasteiger partial charge in [0.05, 0.1) is 0 Å². The van der Waals surface area contributed by atoms with Crippen LogP contribution in [-0.2, 0) is 0 Å². The lowest BCUT2D eigenvalue weighted by atomic mass is 10.3. The molecule has 1 N–H and O–H groups in total. The molecule has 0 aliphatic heterocycles. The Labute approximate surface area is 65.1 Å². The highest BCUT2D eigenvalue weighted by atomic mass is 16.3. The zero-order chi connectivity index (χ0) is 8.27. The maximum atomic E-state index is 9.06. The van der Waals surface area contributed by atoms with Crippen molar-refractivity contribution in [3.8, 4) is 12.3 Å². The van der Waals surface area contributed by atoms with Gasteiger partial charge in [-0.25, -0.2) is 9.97 Å². The summed E-state index contributed by atoms with van der Waals surface area (Å²) in [5, 5.41) is 9.06. The van der Waals surface area contributed by atoms with E-state index in [0.717, 1.165) is 5.56 Å². The van der Waals surface area contributed by atoms with E-state index in [4.69, 9.17) is 11.5 Å². The summed E-state index contributed by atoms with van der Waals surface area (Å²) >= 11 is 0. The van der Waals surface area contributed by atoms with Crippen LogP contribution in [0.4, 0.5) is 0 Å². The summed E-state index contributed by atoms with van der Waals surface area (Å²) in [6, 6.07) is 0. The number of rotatable bonds is 1. The molecule has 0 aromatic carbocycles. The summed E-state index contributed by atoms with van der Waals surface area (Å²) < 4.78 is 0. The predicted octanol–water partition coefficient (Wildman–Crippen LogP) is 0.452. The van der Waals surface area contributed by atoms with Gasteiger partial charge in [-0.3, -0.25) is 0 Å². The molecule has 0 amide bonds. The van der Waals surface area contributed by atoms with Crippen LogP contribution in [0.2, 0.25) is 0 Å². The van der Waals surface area contributed by atoms with Crippen molar-refractivity contribution in [3.05, 3.63) is 23.8 Å². The number of hydrogen-bond donors (Lipinski definition) is 1. The Balaban J connectivity index is 2.92. The van der Waals surface area contributed by atoms with Crippen LogP contribution in [-0.4, -0.2) is 15.1 Å². The SMILES string of the molecule is C#C[C@@H](O)c1ncc(C)cn1. The van der Waals surface area contributed by atoms with Gasteiger partial charge in [0.2, 0.25) is 0 Å². The van der Waals surface area contributed by atoms with Crippen molar-refractivity contribution >= 4 is 0 Å². The molecule has 1 heterocycles. The molecule has 0 bridgehead atoms. The van der Waals surface area contributed by atoms with Gasteiger partial charge in [0.1, 0.15) is 0 Å². The third-order valence-electron chi connectivity index (χ3n) is 1.20. The second-order valence-corrected chi connectivity index (χ2v) is 2.19. The smallest absolute Gasteiger partial charge is 0.174 e. The van der Waals surface area contributed by atoms with E-state index in [1.54, 1.807) is 12.4 Å². The second kappa shape index (κ2) is 3.13. The second-order valence-electron chi connectivity index (χ2n) is 2.19. The molecule has 1 rings (SSSR count). The highest BCUT2D eigenvalue weighted by Gasteiger charge is 2.04. The maximum absolute atomic E-state index is 9.06. The predicted molar refractivity (Wildman–Crippen MR) is 40.6 cm³/mol. The summed E-state index contributed by atoms with van der Waals surface area (Å²) in [6.07, 6.45) is 7.20. The summed E-state index contributed by atoms with van der Waals surface area (Å²) in [5.74, 6) is 2.41. The summed E-state index contributed by atoms with van der Waals surface area (Å²) in [6.45, 7) is 1.87. The minimum atomic E-state index is -0.990. The Kier molecular flexibility index (Phi) is 2.19. The molecule has 0 aliphatic carbocycles. The number of aromatic nitrogens is 2. The number of aliphatic hydroxyl groups is 1. The average Bonchev–Trinajstić information content (AvgIpc) is 2.05. The fourth-order valence-electron chi connectivity index (χ4n) is 0.618. The van der Waals surface area contributed by atoms with Gasteiger partial charge < -0.3 is 5.11 Å². The third-order valence-corrected chi connectivity index (χ3v) is 1.20. The lowest BCUT2D eigenvalue weighted by Gasteiger charge is -1.99. The normalized spacial score (nSPS) is 12.1. The van der Waals surface area contributed by atoms with Crippen LogP contribution >= 0.6 is 0 Å². The molecule has 1 aromatic rings. The van der Waals surface area contributed by atoms with Crippen molar-refractivity contribution in [2.24, 2.45) is 0 Å². The van der Waals surface area contributed by atoms with Crippen LogP contribution in [0.3, 0.4) is 0 Å². The van der Waals surface area contributed by atoms with Crippen LogP contribution < -0.4 is 0 Å². The fraction of sp³-hybridized carbons (Fsp3) is 0.250. The highest BCUT2D eigenvalue weighted by Crippen LogP contribution is 2.03. The topological polar surface area (TPSA) is 46.0 Å². The Morgan fingerprint density at radius 2 is 2.09 bits per heavy atom. The van der Waals surface area contributed by atoms with Gasteiger partial charge in [0, 0.05) is 12.4 Å². The van der Waals surface area contributed by atoms with Gasteiger partial charge in [0.25, 0.3) is 0 Å². The quantitative estimate of drug-likeness (QED) is 0.588. The molecule has 0 unspecified atom stereocenters. The molecule has 1 atom stereocenters. The van der Waals surface area contributed by atoms with Crippen molar-refractivity contribution < 1.29 is 5.11 Å². The first-order valence-corrected chi connectivity index (χ1v) is 3.17. The molecule has 3 heteroatoms. The van der Waals surface area contributed by atoms with Gasteiger partial charge in [0.15, 0.2) is 11.9 Å². The van der Waals surface area contributed by atoms with Gasteiger partial charge in [-0.1, -0.05) is 5.92 Å². The van der Waals surface area contributed by atoms with Gasteiger partial charge >= 0.3 is 0 Å². The van der Waals surface area contributed by atoms with E-state index in [1.165, 1.54) is 0 Å². The Morgan fingerprint density at radius 3 is 2.55 bits per heavy atom. The number of nitrogens with zero attached hydrogens (tertiary/aromatic N) is 2. The molecular weight excluding hydrogens is 140 g/mol. The van der Waals surface area contributed by atoms with E-state index in [0.29, 0.717) is 0 Å². The van der Waals surface area contributed by atoms with E-state index in [2.05, 4.69) is 15.9 Å². The average molecular weight is 148 g/mol. The minimum Gasteiger partial charge on any atom is -0.373 e. The molecule has 3 nitrogen and oxygen atoms in total. The van der Waals surface area contributed by atoms with Crippen LogP contribution in [0.5, 0.6) is 0 Å². The molecular formula is C8H8N2O. The fourth-order valence-corrected chi connectivity index (χ4v) is 0.618. The standard InChI is InChI=1S/C8H8N2O/c1-3-7(11)8-9-4-6(2)5-10-8/h1,4-5,7,11H,2H3/t7-/m1/s1. The zero-order valence-electron chi connectivity index (χ0n) is 6.15. The molecule has 11 heavy (non-hydrogen) atoms. The number of hydrogen-bond acceptors (Lipinski definition) is 3. The summed E-state index contributed by atoms with van der Waals surface area (Å²) in [4.78, 5) is 7.69.